The van der Waals surface area contributed by atoms with Crippen LogP contribution in [0.25, 0.3) is 0 Å². The van der Waals surface area contributed by atoms with Crippen LogP contribution < -0.4 is 10.1 Å². The average Bonchev–Trinajstić information content (AvgIpc) is 2.44. The predicted molar refractivity (Wildman–Crippen MR) is 88.8 cm³/mol. The third kappa shape index (κ3) is 5.74. The normalized spacial score (nSPS) is 22.9. The Labute approximate surface area is 142 Å². The van der Waals surface area contributed by atoms with Gasteiger partial charge in [0.05, 0.1) is 0 Å². The lowest BCUT2D eigenvalue weighted by Gasteiger charge is -2.36. The van der Waals surface area contributed by atoms with Crippen molar-refractivity contribution in [2.24, 2.45) is 11.8 Å². The Morgan fingerprint density at radius 1 is 1.33 bits per heavy atom. The molecule has 0 spiro atoms. The number of nitrogens with one attached hydrogen (secondary N) is 1. The fourth-order valence-corrected chi connectivity index (χ4v) is 3.43. The third-order valence-electron chi connectivity index (χ3n) is 4.14. The summed E-state index contributed by atoms with van der Waals surface area (Å²) in [6.45, 7) is 9.02. The number of likely N-dealkylation sites (tertiary alicyclic amines) is 1. The van der Waals surface area contributed by atoms with Crippen molar-refractivity contribution in [3.63, 3.8) is 0 Å². The number of ether oxygens (including phenoxy) is 1. The fourth-order valence-electron chi connectivity index (χ4n) is 3.43. The van der Waals surface area contributed by atoms with Crippen LogP contribution in [0.4, 0.5) is 8.78 Å². The molecule has 2 rings (SSSR count). The number of nitrogens with zero attached hydrogens (tertiary/aromatic N) is 1. The average molecular weight is 340 g/mol. The summed E-state index contributed by atoms with van der Waals surface area (Å²) in [4.78, 5) is 14.3. The minimum atomic E-state index is -0.813. The molecule has 1 amide bonds. The second kappa shape index (κ2) is 8.42. The molecule has 6 heteroatoms. The highest BCUT2D eigenvalue weighted by molar-refractivity contribution is 5.77. The molecule has 1 aliphatic rings. The van der Waals surface area contributed by atoms with Gasteiger partial charge in [-0.05, 0) is 37.3 Å². The molecule has 1 saturated heterocycles. The van der Waals surface area contributed by atoms with Crippen LogP contribution in [0.1, 0.15) is 27.2 Å². The van der Waals surface area contributed by atoms with Gasteiger partial charge in [-0.25, -0.2) is 8.78 Å². The molecule has 1 aromatic rings. The van der Waals surface area contributed by atoms with Crippen molar-refractivity contribution in [1.82, 2.24) is 10.2 Å². The number of rotatable bonds is 6. The lowest BCUT2D eigenvalue weighted by atomic mass is 9.92. The zero-order valence-corrected chi connectivity index (χ0v) is 14.5. The minimum Gasteiger partial charge on any atom is -0.481 e. The first-order valence-corrected chi connectivity index (χ1v) is 8.43. The molecular weight excluding hydrogens is 314 g/mol. The highest BCUT2D eigenvalue weighted by Gasteiger charge is 2.23. The summed E-state index contributed by atoms with van der Waals surface area (Å²) in [5.41, 5.74) is 0. The van der Waals surface area contributed by atoms with Gasteiger partial charge in [0.2, 0.25) is 0 Å². The Kier molecular flexibility index (Phi) is 6.54. The molecule has 1 N–H and O–H groups in total. The Balaban J connectivity index is 1.75. The topological polar surface area (TPSA) is 41.6 Å². The first kappa shape index (κ1) is 18.6. The fraction of sp³-hybridized carbons (Fsp3) is 0.611. The first-order chi connectivity index (χ1) is 11.3. The molecule has 0 radical (unpaired) electrons. The summed E-state index contributed by atoms with van der Waals surface area (Å²) < 4.78 is 31.4. The van der Waals surface area contributed by atoms with Gasteiger partial charge in [-0.2, -0.15) is 0 Å². The molecule has 1 aliphatic heterocycles. The van der Waals surface area contributed by atoms with E-state index in [1.807, 2.05) is 6.92 Å². The van der Waals surface area contributed by atoms with Crippen LogP contribution in [-0.4, -0.2) is 43.1 Å². The van der Waals surface area contributed by atoms with Gasteiger partial charge in [-0.15, -0.1) is 0 Å². The predicted octanol–water partition coefficient (Wildman–Crippen LogP) is 2.83. The van der Waals surface area contributed by atoms with Gasteiger partial charge in [0, 0.05) is 31.7 Å². The van der Waals surface area contributed by atoms with Gasteiger partial charge in [-0.3, -0.25) is 4.79 Å². The molecule has 0 saturated carbocycles. The number of carbonyl (C=O) groups excluding carboxylic acids is 1. The van der Waals surface area contributed by atoms with E-state index < -0.39 is 11.6 Å². The van der Waals surface area contributed by atoms with Gasteiger partial charge in [-0.1, -0.05) is 13.8 Å². The summed E-state index contributed by atoms with van der Waals surface area (Å²) in [5, 5.41) is 2.86. The number of amides is 1. The smallest absolute Gasteiger partial charge is 0.258 e. The lowest BCUT2D eigenvalue weighted by Crippen LogP contribution is -2.47. The first-order valence-electron chi connectivity index (χ1n) is 8.43. The van der Waals surface area contributed by atoms with Crippen LogP contribution in [0.5, 0.6) is 5.75 Å². The number of benzene rings is 1. The van der Waals surface area contributed by atoms with Crippen LogP contribution in [0.2, 0.25) is 0 Å². The highest BCUT2D eigenvalue weighted by atomic mass is 19.1. The SMILES string of the molecule is CC1CC(C)CN(CC(C)NC(=O)COc2ccc(F)cc2F)C1. The lowest BCUT2D eigenvalue weighted by molar-refractivity contribution is -0.123. The summed E-state index contributed by atoms with van der Waals surface area (Å²) in [6.07, 6.45) is 1.24. The number of hydrogen-bond acceptors (Lipinski definition) is 3. The number of piperidine rings is 1. The van der Waals surface area contributed by atoms with Gasteiger partial charge in [0.15, 0.2) is 18.2 Å². The second-order valence-electron chi connectivity index (χ2n) is 7.00. The Morgan fingerprint density at radius 2 is 2.00 bits per heavy atom. The van der Waals surface area contributed by atoms with E-state index in [0.29, 0.717) is 11.8 Å². The van der Waals surface area contributed by atoms with E-state index in [0.717, 1.165) is 31.8 Å². The zero-order chi connectivity index (χ0) is 17.7. The maximum Gasteiger partial charge on any atom is 0.258 e. The van der Waals surface area contributed by atoms with E-state index >= 15 is 0 Å². The molecule has 0 aromatic heterocycles. The molecule has 24 heavy (non-hydrogen) atoms. The van der Waals surface area contributed by atoms with E-state index in [2.05, 4.69) is 24.1 Å². The summed E-state index contributed by atoms with van der Waals surface area (Å²) in [7, 11) is 0. The molecular formula is C18H26F2N2O2. The van der Waals surface area contributed by atoms with Crippen molar-refractivity contribution < 1.29 is 18.3 Å². The van der Waals surface area contributed by atoms with Crippen LogP contribution in [0, 0.1) is 23.5 Å². The van der Waals surface area contributed by atoms with E-state index in [1.54, 1.807) is 0 Å². The van der Waals surface area contributed by atoms with Crippen LogP contribution in [0.15, 0.2) is 18.2 Å². The molecule has 0 bridgehead atoms. The Bertz CT molecular complexity index is 558. The van der Waals surface area contributed by atoms with Gasteiger partial charge in [0.1, 0.15) is 5.82 Å². The molecule has 4 nitrogen and oxygen atoms in total. The van der Waals surface area contributed by atoms with Crippen molar-refractivity contribution in [3.05, 3.63) is 29.8 Å². The van der Waals surface area contributed by atoms with Crippen molar-refractivity contribution in [2.75, 3.05) is 26.2 Å². The molecule has 0 aliphatic carbocycles. The van der Waals surface area contributed by atoms with Gasteiger partial charge >= 0.3 is 0 Å². The monoisotopic (exact) mass is 340 g/mol. The summed E-state index contributed by atoms with van der Waals surface area (Å²) in [6, 6.07) is 2.99. The quantitative estimate of drug-likeness (QED) is 0.866. The van der Waals surface area contributed by atoms with E-state index in [-0.39, 0.29) is 24.3 Å². The maximum absolute atomic E-state index is 13.4. The molecule has 1 heterocycles. The highest BCUT2D eigenvalue weighted by Crippen LogP contribution is 2.21. The van der Waals surface area contributed by atoms with Crippen LogP contribution in [0.3, 0.4) is 0 Å². The summed E-state index contributed by atoms with van der Waals surface area (Å²) >= 11 is 0. The molecule has 3 unspecified atom stereocenters. The number of hydrogen-bond donors (Lipinski definition) is 1. The van der Waals surface area contributed by atoms with Crippen molar-refractivity contribution in [3.8, 4) is 5.75 Å². The standard InChI is InChI=1S/C18H26F2N2O2/c1-12-6-13(2)9-22(8-12)10-14(3)21-18(23)11-24-17-5-4-15(19)7-16(17)20/h4-5,7,12-14H,6,8-11H2,1-3H3,(H,21,23). The molecule has 134 valence electrons. The van der Waals surface area contributed by atoms with Crippen molar-refractivity contribution in [1.29, 1.82) is 0 Å². The Morgan fingerprint density at radius 3 is 2.62 bits per heavy atom. The largest absolute Gasteiger partial charge is 0.481 e. The van der Waals surface area contributed by atoms with E-state index in [1.165, 1.54) is 12.5 Å². The number of carbonyl (C=O) groups is 1. The molecule has 3 atom stereocenters. The van der Waals surface area contributed by atoms with Crippen LogP contribution in [-0.2, 0) is 4.79 Å². The molecule has 1 aromatic carbocycles. The van der Waals surface area contributed by atoms with E-state index in [4.69, 9.17) is 4.74 Å². The maximum atomic E-state index is 13.4. The van der Waals surface area contributed by atoms with Gasteiger partial charge < -0.3 is 15.0 Å². The second-order valence-corrected chi connectivity index (χ2v) is 7.00. The Hall–Kier alpha value is -1.69. The molecule has 1 fully saturated rings. The number of halogens is 2. The zero-order valence-electron chi connectivity index (χ0n) is 14.5. The third-order valence-corrected chi connectivity index (χ3v) is 4.14. The van der Waals surface area contributed by atoms with Crippen molar-refractivity contribution >= 4 is 5.91 Å². The minimum absolute atomic E-state index is 0.0170. The van der Waals surface area contributed by atoms with Crippen LogP contribution >= 0.6 is 0 Å². The van der Waals surface area contributed by atoms with E-state index in [9.17, 15) is 13.6 Å². The van der Waals surface area contributed by atoms with Crippen molar-refractivity contribution in [2.45, 2.75) is 33.2 Å². The summed E-state index contributed by atoms with van der Waals surface area (Å²) in [5.74, 6) is -0.597. The van der Waals surface area contributed by atoms with Gasteiger partial charge in [0.25, 0.3) is 5.91 Å².